The van der Waals surface area contributed by atoms with E-state index in [1.165, 1.54) is 18.2 Å². The molecule has 0 saturated carbocycles. The molecule has 39 heavy (non-hydrogen) atoms. The molecule has 1 amide bonds. The number of nitrogens with zero attached hydrogens (tertiary/aromatic N) is 2. The van der Waals surface area contributed by atoms with Crippen molar-refractivity contribution in [3.63, 3.8) is 0 Å². The van der Waals surface area contributed by atoms with E-state index < -0.39 is 20.7 Å². The molecule has 5 rings (SSSR count). The van der Waals surface area contributed by atoms with Gasteiger partial charge in [-0.25, -0.2) is 0 Å². The van der Waals surface area contributed by atoms with Gasteiger partial charge < -0.3 is 15.1 Å². The van der Waals surface area contributed by atoms with Gasteiger partial charge in [0.05, 0.1) is 25.7 Å². The molecule has 0 aliphatic carbocycles. The molecule has 2 aromatic rings. The van der Waals surface area contributed by atoms with Gasteiger partial charge in [0.15, 0.2) is 5.78 Å². The van der Waals surface area contributed by atoms with Crippen LogP contribution in [0.1, 0.15) is 47.9 Å². The van der Waals surface area contributed by atoms with Gasteiger partial charge >= 0.3 is 0 Å². The lowest BCUT2D eigenvalue weighted by Crippen LogP contribution is -2.38. The second-order valence-corrected chi connectivity index (χ2v) is 12.7. The van der Waals surface area contributed by atoms with Crippen molar-refractivity contribution in [2.24, 2.45) is 16.8 Å². The van der Waals surface area contributed by atoms with E-state index in [2.05, 4.69) is 46.5 Å². The number of Topliss-reactive ketones (excluding diaryl/α,β-unsaturated/α-hetero) is 1. The Morgan fingerprint density at radius 2 is 2.10 bits per heavy atom. The molecule has 0 radical (unpaired) electrons. The fourth-order valence-electron chi connectivity index (χ4n) is 5.03. The molecule has 1 saturated heterocycles. The van der Waals surface area contributed by atoms with Gasteiger partial charge in [0.2, 0.25) is 0 Å². The van der Waals surface area contributed by atoms with E-state index in [4.69, 9.17) is 4.42 Å². The molecule has 1 aromatic heterocycles. The summed E-state index contributed by atoms with van der Waals surface area (Å²) in [6, 6.07) is 10.3. The highest BCUT2D eigenvalue weighted by Crippen LogP contribution is 2.30. The Labute approximate surface area is 239 Å². The number of furan rings is 1. The standard InChI is InChI=1S/C31H33IN4O3/c1-4-22-7-10-29(37)36(19-28-27(13-16-39-28)30(38)26-12-15-33-17-20(26)2)31(22)32-21(3)35-25-8-5-23(6-9-25)24-11-14-34-18-24/h4-10,12-13,15-17,20,24,26,34-35H,3,11,14,18-19H2,1-2H3/b22-4-. The van der Waals surface area contributed by atoms with E-state index in [1.54, 1.807) is 29.5 Å². The van der Waals surface area contributed by atoms with Gasteiger partial charge in [-0.1, -0.05) is 37.8 Å². The van der Waals surface area contributed by atoms with Gasteiger partial charge in [0, 0.05) is 48.1 Å². The summed E-state index contributed by atoms with van der Waals surface area (Å²) < 4.78 is 7.57. The lowest BCUT2D eigenvalue weighted by Gasteiger charge is -2.28. The third-order valence-corrected chi connectivity index (χ3v) is 9.90. The van der Waals surface area contributed by atoms with Gasteiger partial charge in [-0.05, 0) is 76.4 Å². The maximum absolute atomic E-state index is 13.4. The molecule has 1 aromatic carbocycles. The molecule has 4 heterocycles. The number of halogens is 1. The van der Waals surface area contributed by atoms with Crippen LogP contribution in [0.4, 0.5) is 5.69 Å². The van der Waals surface area contributed by atoms with E-state index >= 15 is 0 Å². The minimum atomic E-state index is -0.814. The average molecular weight is 637 g/mol. The van der Waals surface area contributed by atoms with Crippen LogP contribution in [0.2, 0.25) is 0 Å². The molecule has 0 bridgehead atoms. The third kappa shape index (κ3) is 6.12. The van der Waals surface area contributed by atoms with Crippen molar-refractivity contribution >= 4 is 48.0 Å². The van der Waals surface area contributed by atoms with E-state index in [0.29, 0.717) is 17.2 Å². The van der Waals surface area contributed by atoms with E-state index in [0.717, 1.165) is 31.7 Å². The van der Waals surface area contributed by atoms with Gasteiger partial charge in [0.25, 0.3) is 5.91 Å². The first kappa shape index (κ1) is 27.2. The minimum absolute atomic E-state index is 0.00860. The quantitative estimate of drug-likeness (QED) is 0.214. The van der Waals surface area contributed by atoms with Crippen molar-refractivity contribution < 1.29 is 14.0 Å². The Balaban J connectivity index is 1.36. The average Bonchev–Trinajstić information content (AvgIpc) is 3.64. The molecule has 3 aliphatic rings. The van der Waals surface area contributed by atoms with E-state index in [9.17, 15) is 9.59 Å². The fraction of sp³-hybridized carbons (Fsp3) is 0.290. The highest BCUT2D eigenvalue weighted by Gasteiger charge is 2.30. The molecule has 202 valence electrons. The molecule has 2 N–H and O–H groups in total. The van der Waals surface area contributed by atoms with Crippen molar-refractivity contribution in [2.45, 2.75) is 32.7 Å². The Morgan fingerprint density at radius 3 is 2.82 bits per heavy atom. The highest BCUT2D eigenvalue weighted by atomic mass is 127. The third-order valence-electron chi connectivity index (χ3n) is 7.27. The lowest BCUT2D eigenvalue weighted by molar-refractivity contribution is -0.123. The molecule has 1 fully saturated rings. The first-order valence-electron chi connectivity index (χ1n) is 13.2. The maximum Gasteiger partial charge on any atom is 0.251 e. The Hall–Kier alpha value is -3.37. The number of hydrogen-bond acceptors (Lipinski definition) is 6. The highest BCUT2D eigenvalue weighted by molar-refractivity contribution is 14.2. The minimum Gasteiger partial charge on any atom is -0.467 e. The van der Waals surface area contributed by atoms with Crippen LogP contribution < -0.4 is 10.6 Å². The number of ketones is 1. The van der Waals surface area contributed by atoms with Crippen LogP contribution in [0.3, 0.4) is 0 Å². The van der Waals surface area contributed by atoms with Crippen LogP contribution in [0.5, 0.6) is 0 Å². The predicted octanol–water partition coefficient (Wildman–Crippen LogP) is 5.92. The summed E-state index contributed by atoms with van der Waals surface area (Å²) in [5.74, 6) is 0.576. The zero-order chi connectivity index (χ0) is 27.4. The van der Waals surface area contributed by atoms with E-state index in [-0.39, 0.29) is 30.1 Å². The first-order valence-corrected chi connectivity index (χ1v) is 15.4. The van der Waals surface area contributed by atoms with Crippen molar-refractivity contribution in [3.05, 3.63) is 99.8 Å². The largest absolute Gasteiger partial charge is 0.467 e. The number of carbonyl (C=O) groups excluding carboxylic acids is 2. The second kappa shape index (κ2) is 12.2. The smallest absolute Gasteiger partial charge is 0.251 e. The maximum atomic E-state index is 13.4. The zero-order valence-corrected chi connectivity index (χ0v) is 24.4. The van der Waals surface area contributed by atoms with Crippen LogP contribution in [0, 0.1) is 11.8 Å². The SMILES string of the molecule is C=C(Nc1ccc(C2CCNC2)cc1)I=C1/C(=C\C)C=CC(=O)N1Cc1occc1C(=O)C1C=CN=CC1C. The molecule has 3 aliphatic heterocycles. The van der Waals surface area contributed by atoms with Crippen LogP contribution in [-0.2, 0) is 11.3 Å². The number of allylic oxidation sites excluding steroid dienone is 2. The second-order valence-electron chi connectivity index (χ2n) is 9.87. The molecule has 7 nitrogen and oxygen atoms in total. The summed E-state index contributed by atoms with van der Waals surface area (Å²) in [5, 5.41) is 6.87. The summed E-state index contributed by atoms with van der Waals surface area (Å²) in [4.78, 5) is 32.4. The van der Waals surface area contributed by atoms with Crippen molar-refractivity contribution in [2.75, 3.05) is 18.4 Å². The van der Waals surface area contributed by atoms with Gasteiger partial charge in [0.1, 0.15) is 5.76 Å². The summed E-state index contributed by atoms with van der Waals surface area (Å²) in [6.45, 7) is 10.5. The molecule has 8 heteroatoms. The van der Waals surface area contributed by atoms with Crippen molar-refractivity contribution in [3.8, 4) is 0 Å². The van der Waals surface area contributed by atoms with Gasteiger partial charge in [-0.3, -0.25) is 19.5 Å². The normalized spacial score (nSPS) is 24.8. The number of aliphatic imine (C=N–C) groups is 1. The number of rotatable bonds is 8. The number of carbonyl (C=O) groups is 2. The zero-order valence-electron chi connectivity index (χ0n) is 22.2. The lowest BCUT2D eigenvalue weighted by atomic mass is 9.86. The molecular weight excluding hydrogens is 603 g/mol. The van der Waals surface area contributed by atoms with Crippen molar-refractivity contribution in [1.29, 1.82) is 0 Å². The molecular formula is C31H33IN4O3. The monoisotopic (exact) mass is 636 g/mol. The van der Waals surface area contributed by atoms with E-state index in [1.807, 2.05) is 32.1 Å². The molecule has 3 atom stereocenters. The summed E-state index contributed by atoms with van der Waals surface area (Å²) >= 11 is -0.814. The fourth-order valence-corrected chi connectivity index (χ4v) is 7.60. The number of benzene rings is 1. The van der Waals surface area contributed by atoms with Crippen LogP contribution >= 0.6 is 20.7 Å². The van der Waals surface area contributed by atoms with Gasteiger partial charge in [-0.2, -0.15) is 0 Å². The van der Waals surface area contributed by atoms with Crippen molar-refractivity contribution in [1.82, 2.24) is 10.2 Å². The summed E-state index contributed by atoms with van der Waals surface area (Å²) in [5.41, 5.74) is 3.82. The Bertz CT molecular complexity index is 1410. The predicted molar refractivity (Wildman–Crippen MR) is 165 cm³/mol. The number of hydrogen-bond donors (Lipinski definition) is 2. The molecule has 3 unspecified atom stereocenters. The molecule has 0 spiro atoms. The Kier molecular flexibility index (Phi) is 8.52. The first-order chi connectivity index (χ1) is 18.9. The number of nitrogens with one attached hydrogen (secondary N) is 2. The Morgan fingerprint density at radius 1 is 1.28 bits per heavy atom. The van der Waals surface area contributed by atoms with Gasteiger partial charge in [-0.15, -0.1) is 0 Å². The number of anilines is 1. The number of amides is 1. The summed E-state index contributed by atoms with van der Waals surface area (Å²) in [7, 11) is 0. The van der Waals surface area contributed by atoms with Crippen LogP contribution in [0.25, 0.3) is 0 Å². The van der Waals surface area contributed by atoms with Crippen LogP contribution in [-0.4, -0.2) is 39.5 Å². The topological polar surface area (TPSA) is 86.9 Å². The summed E-state index contributed by atoms with van der Waals surface area (Å²) in [6.07, 6.45) is 13.4. The van der Waals surface area contributed by atoms with Crippen LogP contribution in [0.15, 0.2) is 92.4 Å².